The van der Waals surface area contributed by atoms with Crippen molar-refractivity contribution in [2.24, 2.45) is 5.73 Å². The summed E-state index contributed by atoms with van der Waals surface area (Å²) in [5.74, 6) is 0.167. The van der Waals surface area contributed by atoms with Crippen molar-refractivity contribution in [1.82, 2.24) is 0 Å². The number of amides is 1. The molecule has 15 heavy (non-hydrogen) atoms. The van der Waals surface area contributed by atoms with Crippen LogP contribution in [0.15, 0.2) is 0 Å². The summed E-state index contributed by atoms with van der Waals surface area (Å²) in [7, 11) is 1.84. The molecule has 1 amide bonds. The quantitative estimate of drug-likeness (QED) is 0.810. The molecule has 0 radical (unpaired) electrons. The molecule has 1 aliphatic rings. The van der Waals surface area contributed by atoms with Crippen molar-refractivity contribution < 1.29 is 4.79 Å². The van der Waals surface area contributed by atoms with E-state index in [4.69, 9.17) is 5.73 Å². The molecule has 1 unspecified atom stereocenters. The number of rotatable bonds is 2. The molecule has 3 nitrogen and oxygen atoms in total. The fraction of sp³-hybridized carbons (Fsp3) is 0.545. The minimum absolute atomic E-state index is 0.300. The van der Waals surface area contributed by atoms with Gasteiger partial charge in [-0.3, -0.25) is 4.79 Å². The smallest absolute Gasteiger partial charge is 0.251 e. The van der Waals surface area contributed by atoms with Crippen LogP contribution in [0, 0.1) is 0 Å². The highest BCUT2D eigenvalue weighted by molar-refractivity contribution is 7.16. The molecular weight excluding hydrogens is 208 g/mol. The number of nitrogens with one attached hydrogen (secondary N) is 1. The monoisotopic (exact) mass is 224 g/mol. The number of anilines is 1. The Morgan fingerprint density at radius 2 is 2.33 bits per heavy atom. The topological polar surface area (TPSA) is 55.1 Å². The molecule has 1 aliphatic carbocycles. The first-order valence-electron chi connectivity index (χ1n) is 5.28. The molecule has 0 saturated heterocycles. The SMILES string of the molecule is CNc1sc2c(c1C(N)=O)C(C)CCC2. The minimum atomic E-state index is -0.300. The van der Waals surface area contributed by atoms with Gasteiger partial charge in [0.1, 0.15) is 5.00 Å². The van der Waals surface area contributed by atoms with E-state index in [1.165, 1.54) is 16.9 Å². The Balaban J connectivity index is 2.59. The number of nitrogens with two attached hydrogens (primary N) is 1. The van der Waals surface area contributed by atoms with E-state index in [9.17, 15) is 4.79 Å². The third-order valence-electron chi connectivity index (χ3n) is 3.03. The number of carbonyl (C=O) groups excluding carboxylic acids is 1. The molecule has 4 heteroatoms. The van der Waals surface area contributed by atoms with Crippen LogP contribution in [0.5, 0.6) is 0 Å². The van der Waals surface area contributed by atoms with Gasteiger partial charge in [-0.05, 0) is 30.7 Å². The Morgan fingerprint density at radius 1 is 1.60 bits per heavy atom. The number of hydrogen-bond donors (Lipinski definition) is 2. The van der Waals surface area contributed by atoms with Crippen molar-refractivity contribution in [3.05, 3.63) is 16.0 Å². The summed E-state index contributed by atoms with van der Waals surface area (Å²) in [6.07, 6.45) is 3.47. The summed E-state index contributed by atoms with van der Waals surface area (Å²) in [6, 6.07) is 0. The lowest BCUT2D eigenvalue weighted by Crippen LogP contribution is -2.16. The summed E-state index contributed by atoms with van der Waals surface area (Å²) >= 11 is 1.68. The van der Waals surface area contributed by atoms with E-state index in [0.717, 1.165) is 23.4 Å². The highest BCUT2D eigenvalue weighted by Crippen LogP contribution is 2.42. The summed E-state index contributed by atoms with van der Waals surface area (Å²) in [4.78, 5) is 12.8. The lowest BCUT2D eigenvalue weighted by Gasteiger charge is -2.19. The maximum Gasteiger partial charge on any atom is 0.251 e. The van der Waals surface area contributed by atoms with Crippen LogP contribution in [0.1, 0.15) is 46.5 Å². The highest BCUT2D eigenvalue weighted by Gasteiger charge is 2.27. The molecule has 0 aromatic carbocycles. The Bertz CT molecular complexity index is 398. The van der Waals surface area contributed by atoms with Crippen molar-refractivity contribution in [2.45, 2.75) is 32.1 Å². The molecule has 0 aliphatic heterocycles. The molecule has 3 N–H and O–H groups in total. The van der Waals surface area contributed by atoms with E-state index in [1.54, 1.807) is 11.3 Å². The van der Waals surface area contributed by atoms with Gasteiger partial charge in [0.2, 0.25) is 0 Å². The van der Waals surface area contributed by atoms with Crippen LogP contribution in [-0.2, 0) is 6.42 Å². The maximum absolute atomic E-state index is 11.4. The molecule has 0 fully saturated rings. The molecule has 1 aromatic heterocycles. The third kappa shape index (κ3) is 1.63. The zero-order chi connectivity index (χ0) is 11.0. The van der Waals surface area contributed by atoms with E-state index >= 15 is 0 Å². The Hall–Kier alpha value is -1.03. The van der Waals surface area contributed by atoms with Gasteiger partial charge < -0.3 is 11.1 Å². The molecule has 2 rings (SSSR count). The van der Waals surface area contributed by atoms with Gasteiger partial charge in [-0.25, -0.2) is 0 Å². The molecule has 0 bridgehead atoms. The molecule has 0 spiro atoms. The third-order valence-corrected chi connectivity index (χ3v) is 4.31. The average Bonchev–Trinajstić information content (AvgIpc) is 2.57. The van der Waals surface area contributed by atoms with Gasteiger partial charge in [-0.2, -0.15) is 0 Å². The van der Waals surface area contributed by atoms with Crippen molar-refractivity contribution in [1.29, 1.82) is 0 Å². The summed E-state index contributed by atoms with van der Waals surface area (Å²) in [5, 5.41) is 4.00. The van der Waals surface area contributed by atoms with E-state index in [-0.39, 0.29) is 5.91 Å². The van der Waals surface area contributed by atoms with Gasteiger partial charge in [-0.1, -0.05) is 6.92 Å². The van der Waals surface area contributed by atoms with Crippen molar-refractivity contribution in [3.8, 4) is 0 Å². The summed E-state index contributed by atoms with van der Waals surface area (Å²) < 4.78 is 0. The molecular formula is C11H16N2OS. The summed E-state index contributed by atoms with van der Waals surface area (Å²) in [6.45, 7) is 2.18. The number of carbonyl (C=O) groups is 1. The van der Waals surface area contributed by atoms with E-state index in [1.807, 2.05) is 7.05 Å². The van der Waals surface area contributed by atoms with Gasteiger partial charge in [0.15, 0.2) is 0 Å². The van der Waals surface area contributed by atoms with Gasteiger partial charge in [0, 0.05) is 11.9 Å². The van der Waals surface area contributed by atoms with Gasteiger partial charge >= 0.3 is 0 Å². The predicted molar refractivity (Wildman–Crippen MR) is 63.7 cm³/mol. The minimum Gasteiger partial charge on any atom is -0.379 e. The number of aryl methyl sites for hydroxylation is 1. The summed E-state index contributed by atoms with van der Waals surface area (Å²) in [5.41, 5.74) is 7.37. The number of hydrogen-bond acceptors (Lipinski definition) is 3. The normalized spacial score (nSPS) is 19.7. The second-order valence-corrected chi connectivity index (χ2v) is 5.16. The number of fused-ring (bicyclic) bond motifs is 1. The first kappa shape index (κ1) is 10.5. The Kier molecular flexibility index (Phi) is 2.69. The lowest BCUT2D eigenvalue weighted by atomic mass is 9.86. The fourth-order valence-corrected chi connectivity index (χ4v) is 3.65. The zero-order valence-electron chi connectivity index (χ0n) is 9.09. The van der Waals surface area contributed by atoms with E-state index < -0.39 is 0 Å². The second kappa shape index (κ2) is 3.85. The Morgan fingerprint density at radius 3 is 2.93 bits per heavy atom. The van der Waals surface area contributed by atoms with Crippen LogP contribution in [0.4, 0.5) is 5.00 Å². The van der Waals surface area contributed by atoms with Crippen LogP contribution in [-0.4, -0.2) is 13.0 Å². The van der Waals surface area contributed by atoms with Gasteiger partial charge in [0.05, 0.1) is 5.56 Å². The average molecular weight is 224 g/mol. The predicted octanol–water partition coefficient (Wildman–Crippen LogP) is 2.33. The van der Waals surface area contributed by atoms with Crippen molar-refractivity contribution in [2.75, 3.05) is 12.4 Å². The highest BCUT2D eigenvalue weighted by atomic mass is 32.1. The molecule has 1 atom stereocenters. The maximum atomic E-state index is 11.4. The first-order valence-corrected chi connectivity index (χ1v) is 6.10. The van der Waals surface area contributed by atoms with Crippen LogP contribution in [0.2, 0.25) is 0 Å². The standard InChI is InChI=1S/C11H16N2OS/c1-6-4-3-5-7-8(6)9(10(12)14)11(13-2)15-7/h6,13H,3-5H2,1-2H3,(H2,12,14). The van der Waals surface area contributed by atoms with Gasteiger partial charge in [-0.15, -0.1) is 11.3 Å². The largest absolute Gasteiger partial charge is 0.379 e. The van der Waals surface area contributed by atoms with Crippen LogP contribution >= 0.6 is 11.3 Å². The van der Waals surface area contributed by atoms with Crippen LogP contribution in [0.25, 0.3) is 0 Å². The number of primary amides is 1. The van der Waals surface area contributed by atoms with Gasteiger partial charge in [0.25, 0.3) is 5.91 Å². The number of thiophene rings is 1. The second-order valence-electron chi connectivity index (χ2n) is 4.05. The van der Waals surface area contributed by atoms with Crippen LogP contribution < -0.4 is 11.1 Å². The Labute approximate surface area is 93.7 Å². The molecule has 82 valence electrons. The molecule has 1 aromatic rings. The lowest BCUT2D eigenvalue weighted by molar-refractivity contribution is 0.1000. The van der Waals surface area contributed by atoms with Crippen molar-refractivity contribution in [3.63, 3.8) is 0 Å². The van der Waals surface area contributed by atoms with Crippen molar-refractivity contribution >= 4 is 22.2 Å². The fourth-order valence-electron chi connectivity index (χ4n) is 2.33. The van der Waals surface area contributed by atoms with E-state index in [2.05, 4.69) is 12.2 Å². The molecule has 0 saturated carbocycles. The van der Waals surface area contributed by atoms with E-state index in [0.29, 0.717) is 5.92 Å². The first-order chi connectivity index (χ1) is 7.15. The zero-order valence-corrected chi connectivity index (χ0v) is 9.91. The van der Waals surface area contributed by atoms with Crippen LogP contribution in [0.3, 0.4) is 0 Å². The molecule has 1 heterocycles.